The van der Waals surface area contributed by atoms with E-state index in [0.29, 0.717) is 23.3 Å². The van der Waals surface area contributed by atoms with Crippen LogP contribution in [0.15, 0.2) is 87.1 Å². The molecule has 0 N–H and O–H groups in total. The number of carbonyl (C=O) groups excluding carboxylic acids is 1. The Morgan fingerprint density at radius 2 is 1.87 bits per heavy atom. The molecule has 0 radical (unpaired) electrons. The molecule has 1 atom stereocenters. The minimum atomic E-state index is -0.212. The van der Waals surface area contributed by atoms with Crippen LogP contribution in [0.1, 0.15) is 11.6 Å². The minimum Gasteiger partial charge on any atom is -0.489 e. The van der Waals surface area contributed by atoms with Crippen LogP contribution in [-0.2, 0) is 4.79 Å². The van der Waals surface area contributed by atoms with E-state index in [4.69, 9.17) is 13.6 Å². The number of benzene rings is 2. The maximum absolute atomic E-state index is 13.3. The topological polar surface area (TPSA) is 81.6 Å². The van der Waals surface area contributed by atoms with Crippen LogP contribution >= 0.6 is 11.8 Å². The number of anilines is 1. The second kappa shape index (κ2) is 8.08. The third-order valence-electron chi connectivity index (χ3n) is 4.74. The van der Waals surface area contributed by atoms with E-state index in [1.54, 1.807) is 17.0 Å². The first-order chi connectivity index (χ1) is 14.8. The molecule has 0 fully saturated rings. The van der Waals surface area contributed by atoms with Crippen molar-refractivity contribution in [3.05, 3.63) is 78.6 Å². The van der Waals surface area contributed by atoms with Gasteiger partial charge in [-0.25, -0.2) is 0 Å². The van der Waals surface area contributed by atoms with Crippen LogP contribution in [0.3, 0.4) is 0 Å². The molecular weight excluding hydrogens is 402 g/mol. The first-order valence-corrected chi connectivity index (χ1v) is 10.4. The number of rotatable bonds is 5. The van der Waals surface area contributed by atoms with Gasteiger partial charge >= 0.3 is 0 Å². The number of ether oxygens (including phenoxy) is 1. The van der Waals surface area contributed by atoms with E-state index in [0.717, 1.165) is 11.3 Å². The van der Waals surface area contributed by atoms with Crippen LogP contribution in [-0.4, -0.2) is 28.5 Å². The standard InChI is InChI=1S/C22H17N3O4S/c26-20(14-30-22-24-23-21(29-22)19-11-6-12-27-19)25-16-9-4-5-10-18(16)28-13-17(25)15-7-2-1-3-8-15/h1-12,17H,13-14H2/t17-/m1/s1. The van der Waals surface area contributed by atoms with Crippen LogP contribution < -0.4 is 9.64 Å². The number of nitrogens with zero attached hydrogens (tertiary/aromatic N) is 3. The summed E-state index contributed by atoms with van der Waals surface area (Å²) < 4.78 is 16.8. The maximum atomic E-state index is 13.3. The van der Waals surface area contributed by atoms with Gasteiger partial charge in [-0.1, -0.05) is 54.2 Å². The summed E-state index contributed by atoms with van der Waals surface area (Å²) in [7, 11) is 0. The molecule has 30 heavy (non-hydrogen) atoms. The second-order valence-electron chi connectivity index (χ2n) is 6.61. The molecule has 1 aliphatic heterocycles. The lowest BCUT2D eigenvalue weighted by Crippen LogP contribution is -2.42. The number of carbonyl (C=O) groups is 1. The van der Waals surface area contributed by atoms with Crippen LogP contribution in [0.25, 0.3) is 11.7 Å². The summed E-state index contributed by atoms with van der Waals surface area (Å²) in [6, 6.07) is 20.7. The van der Waals surface area contributed by atoms with Crippen molar-refractivity contribution in [1.82, 2.24) is 10.2 Å². The summed E-state index contributed by atoms with van der Waals surface area (Å²) in [6.07, 6.45) is 1.54. The van der Waals surface area contributed by atoms with Gasteiger partial charge in [0.15, 0.2) is 5.76 Å². The lowest BCUT2D eigenvalue weighted by molar-refractivity contribution is -0.117. The van der Waals surface area contributed by atoms with E-state index in [1.165, 1.54) is 18.0 Å². The van der Waals surface area contributed by atoms with Crippen molar-refractivity contribution in [2.75, 3.05) is 17.3 Å². The average molecular weight is 419 g/mol. The van der Waals surface area contributed by atoms with Crippen molar-refractivity contribution in [1.29, 1.82) is 0 Å². The molecule has 150 valence electrons. The van der Waals surface area contributed by atoms with E-state index in [1.807, 2.05) is 54.6 Å². The highest BCUT2D eigenvalue weighted by atomic mass is 32.2. The SMILES string of the molecule is O=C(CSc1nnc(-c2ccco2)o1)N1c2ccccc2OC[C@@H]1c1ccccc1. The highest BCUT2D eigenvalue weighted by Crippen LogP contribution is 2.39. The summed E-state index contributed by atoms with van der Waals surface area (Å²) in [5, 5.41) is 8.29. The zero-order valence-corrected chi connectivity index (χ0v) is 16.6. The van der Waals surface area contributed by atoms with Crippen LogP contribution in [0.4, 0.5) is 5.69 Å². The van der Waals surface area contributed by atoms with Gasteiger partial charge in [0, 0.05) is 0 Å². The molecule has 1 amide bonds. The van der Waals surface area contributed by atoms with Crippen LogP contribution in [0.5, 0.6) is 5.75 Å². The quantitative estimate of drug-likeness (QED) is 0.438. The molecule has 4 aromatic rings. The summed E-state index contributed by atoms with van der Waals surface area (Å²) in [5.41, 5.74) is 1.77. The first kappa shape index (κ1) is 18.5. The molecule has 0 aliphatic carbocycles. The van der Waals surface area contributed by atoms with Crippen LogP contribution in [0, 0.1) is 0 Å². The predicted molar refractivity (Wildman–Crippen MR) is 111 cm³/mol. The number of hydrogen-bond acceptors (Lipinski definition) is 7. The molecule has 0 saturated heterocycles. The first-order valence-electron chi connectivity index (χ1n) is 9.38. The Morgan fingerprint density at radius 1 is 1.03 bits per heavy atom. The molecule has 1 aliphatic rings. The van der Waals surface area contributed by atoms with Gasteiger partial charge in [-0.3, -0.25) is 9.69 Å². The smallest absolute Gasteiger partial charge is 0.284 e. The predicted octanol–water partition coefficient (Wildman–Crippen LogP) is 4.59. The van der Waals surface area contributed by atoms with Gasteiger partial charge in [-0.2, -0.15) is 0 Å². The minimum absolute atomic E-state index is 0.0673. The molecule has 0 saturated carbocycles. The van der Waals surface area contributed by atoms with E-state index in [-0.39, 0.29) is 23.6 Å². The third-order valence-corrected chi connectivity index (χ3v) is 5.55. The van der Waals surface area contributed by atoms with Gasteiger partial charge in [-0.15, -0.1) is 10.2 Å². The second-order valence-corrected chi connectivity index (χ2v) is 7.53. The number of para-hydroxylation sites is 2. The molecule has 0 spiro atoms. The van der Waals surface area contributed by atoms with Crippen molar-refractivity contribution >= 4 is 23.4 Å². The Labute approximate surface area is 176 Å². The summed E-state index contributed by atoms with van der Waals surface area (Å²) in [4.78, 5) is 15.1. The summed E-state index contributed by atoms with van der Waals surface area (Å²) in [6.45, 7) is 0.390. The molecule has 2 aromatic heterocycles. The number of hydrogen-bond donors (Lipinski definition) is 0. The number of aromatic nitrogens is 2. The maximum Gasteiger partial charge on any atom is 0.284 e. The van der Waals surface area contributed by atoms with Crippen LogP contribution in [0.2, 0.25) is 0 Å². The fourth-order valence-electron chi connectivity index (χ4n) is 3.38. The molecule has 2 aromatic carbocycles. The Morgan fingerprint density at radius 3 is 2.70 bits per heavy atom. The number of fused-ring (bicyclic) bond motifs is 1. The number of amides is 1. The van der Waals surface area contributed by atoms with Crippen molar-refractivity contribution in [2.45, 2.75) is 11.3 Å². The zero-order chi connectivity index (χ0) is 20.3. The fraction of sp³-hybridized carbons (Fsp3) is 0.136. The van der Waals surface area contributed by atoms with Crippen molar-refractivity contribution in [3.63, 3.8) is 0 Å². The van der Waals surface area contributed by atoms with Crippen molar-refractivity contribution in [2.24, 2.45) is 0 Å². The van der Waals surface area contributed by atoms with E-state index in [9.17, 15) is 4.79 Å². The number of furan rings is 1. The molecule has 0 bridgehead atoms. The highest BCUT2D eigenvalue weighted by molar-refractivity contribution is 7.99. The highest BCUT2D eigenvalue weighted by Gasteiger charge is 2.33. The lowest BCUT2D eigenvalue weighted by Gasteiger charge is -2.37. The van der Waals surface area contributed by atoms with Gasteiger partial charge in [0.05, 0.1) is 23.7 Å². The lowest BCUT2D eigenvalue weighted by atomic mass is 10.0. The van der Waals surface area contributed by atoms with Gasteiger partial charge in [0.1, 0.15) is 12.4 Å². The molecule has 7 nitrogen and oxygen atoms in total. The summed E-state index contributed by atoms with van der Waals surface area (Å²) in [5.74, 6) is 1.56. The molecule has 0 unspecified atom stereocenters. The Balaban J connectivity index is 1.38. The number of thioether (sulfide) groups is 1. The van der Waals surface area contributed by atoms with E-state index < -0.39 is 0 Å². The van der Waals surface area contributed by atoms with Crippen molar-refractivity contribution in [3.8, 4) is 17.4 Å². The fourth-order valence-corrected chi connectivity index (χ4v) is 4.00. The normalized spacial score (nSPS) is 15.5. The van der Waals surface area contributed by atoms with E-state index >= 15 is 0 Å². The zero-order valence-electron chi connectivity index (χ0n) is 15.8. The van der Waals surface area contributed by atoms with E-state index in [2.05, 4.69) is 10.2 Å². The third kappa shape index (κ3) is 3.57. The Kier molecular flexibility index (Phi) is 4.98. The molecular formula is C22H17N3O4S. The molecule has 5 rings (SSSR count). The summed E-state index contributed by atoms with van der Waals surface area (Å²) >= 11 is 1.20. The monoisotopic (exact) mass is 419 g/mol. The Hall–Kier alpha value is -3.52. The largest absolute Gasteiger partial charge is 0.489 e. The van der Waals surface area contributed by atoms with Crippen molar-refractivity contribution < 1.29 is 18.4 Å². The Bertz CT molecular complexity index is 1140. The van der Waals surface area contributed by atoms with Gasteiger partial charge in [0.25, 0.3) is 11.1 Å². The van der Waals surface area contributed by atoms with Gasteiger partial charge in [-0.05, 0) is 29.8 Å². The molecule has 8 heteroatoms. The average Bonchev–Trinajstić information content (AvgIpc) is 3.49. The van der Waals surface area contributed by atoms with Gasteiger partial charge < -0.3 is 13.6 Å². The molecule has 3 heterocycles. The van der Waals surface area contributed by atoms with Gasteiger partial charge in [0.2, 0.25) is 5.91 Å².